The van der Waals surface area contributed by atoms with Crippen LogP contribution in [0.4, 0.5) is 13.2 Å². The van der Waals surface area contributed by atoms with E-state index < -0.39 is 30.8 Å². The predicted molar refractivity (Wildman–Crippen MR) is 93.9 cm³/mol. The smallest absolute Gasteiger partial charge is 0.438 e. The molecule has 1 amide bonds. The number of para-hydroxylation sites is 1. The van der Waals surface area contributed by atoms with Crippen molar-refractivity contribution in [3.05, 3.63) is 60.2 Å². The number of hydrogen-bond acceptors (Lipinski definition) is 5. The van der Waals surface area contributed by atoms with Crippen molar-refractivity contribution in [3.63, 3.8) is 0 Å². The highest BCUT2D eigenvalue weighted by molar-refractivity contribution is 6.03. The minimum Gasteiger partial charge on any atom is -0.497 e. The lowest BCUT2D eigenvalue weighted by atomic mass is 10.0. The van der Waals surface area contributed by atoms with E-state index in [-0.39, 0.29) is 10.7 Å². The number of aliphatic hydroxyl groups is 1. The number of amides is 1. The summed E-state index contributed by atoms with van der Waals surface area (Å²) < 4.78 is 51.0. The molecule has 148 valence electrons. The number of benzene rings is 2. The molecule has 0 saturated heterocycles. The summed E-state index contributed by atoms with van der Waals surface area (Å²) in [4.78, 5) is 12.4. The molecule has 1 aliphatic rings. The van der Waals surface area contributed by atoms with Crippen molar-refractivity contribution in [1.82, 2.24) is 5.01 Å². The Hall–Kier alpha value is -3.07. The molecule has 1 heterocycles. The van der Waals surface area contributed by atoms with Gasteiger partial charge in [-0.2, -0.15) is 23.3 Å². The molecule has 28 heavy (non-hydrogen) atoms. The van der Waals surface area contributed by atoms with Crippen molar-refractivity contribution in [1.29, 1.82) is 0 Å². The highest BCUT2D eigenvalue weighted by atomic mass is 19.4. The number of halogens is 3. The molecule has 1 atom stereocenters. The number of rotatable bonds is 5. The van der Waals surface area contributed by atoms with Crippen molar-refractivity contribution in [2.24, 2.45) is 5.10 Å². The summed E-state index contributed by atoms with van der Waals surface area (Å²) >= 11 is 0. The van der Waals surface area contributed by atoms with Crippen LogP contribution in [0.2, 0.25) is 0 Å². The van der Waals surface area contributed by atoms with Gasteiger partial charge < -0.3 is 14.6 Å². The summed E-state index contributed by atoms with van der Waals surface area (Å²) in [5.41, 5.74) is -3.24. The Morgan fingerprint density at radius 1 is 1.18 bits per heavy atom. The van der Waals surface area contributed by atoms with Gasteiger partial charge in [-0.25, -0.2) is 0 Å². The van der Waals surface area contributed by atoms with Gasteiger partial charge in [0.2, 0.25) is 0 Å². The maximum absolute atomic E-state index is 13.6. The van der Waals surface area contributed by atoms with Crippen LogP contribution in [0.1, 0.15) is 12.0 Å². The number of alkyl halides is 3. The van der Waals surface area contributed by atoms with E-state index in [1.807, 2.05) is 0 Å². The van der Waals surface area contributed by atoms with Gasteiger partial charge >= 0.3 is 6.18 Å². The van der Waals surface area contributed by atoms with Gasteiger partial charge in [0, 0.05) is 5.56 Å². The first-order valence-electron chi connectivity index (χ1n) is 8.26. The maximum atomic E-state index is 13.6. The van der Waals surface area contributed by atoms with E-state index in [0.717, 1.165) is 0 Å². The minimum atomic E-state index is -5.11. The first kappa shape index (κ1) is 19.7. The molecule has 1 N–H and O–H groups in total. The fourth-order valence-electron chi connectivity index (χ4n) is 2.71. The first-order valence-corrected chi connectivity index (χ1v) is 8.26. The largest absolute Gasteiger partial charge is 0.497 e. The maximum Gasteiger partial charge on any atom is 0.438 e. The average Bonchev–Trinajstić information content (AvgIpc) is 3.06. The molecule has 0 radical (unpaired) electrons. The zero-order chi connectivity index (χ0) is 20.4. The van der Waals surface area contributed by atoms with Gasteiger partial charge in [0.05, 0.1) is 19.2 Å². The number of hydrazone groups is 1. The Labute approximate surface area is 158 Å². The van der Waals surface area contributed by atoms with Crippen LogP contribution in [0, 0.1) is 0 Å². The fourth-order valence-corrected chi connectivity index (χ4v) is 2.71. The van der Waals surface area contributed by atoms with E-state index in [1.54, 1.807) is 42.5 Å². The molecule has 0 aromatic heterocycles. The summed E-state index contributed by atoms with van der Waals surface area (Å²) in [6.07, 6.45) is -6.01. The molecule has 6 nitrogen and oxygen atoms in total. The fraction of sp³-hybridized carbons (Fsp3) is 0.263. The van der Waals surface area contributed by atoms with E-state index in [4.69, 9.17) is 9.47 Å². The van der Waals surface area contributed by atoms with E-state index in [9.17, 15) is 23.1 Å². The van der Waals surface area contributed by atoms with Gasteiger partial charge in [-0.05, 0) is 24.3 Å². The number of hydrogen-bond donors (Lipinski definition) is 1. The summed E-state index contributed by atoms with van der Waals surface area (Å²) in [6, 6.07) is 14.3. The Morgan fingerprint density at radius 2 is 1.86 bits per heavy atom. The van der Waals surface area contributed by atoms with E-state index >= 15 is 0 Å². The molecule has 0 fully saturated rings. The topological polar surface area (TPSA) is 71.4 Å². The van der Waals surface area contributed by atoms with Gasteiger partial charge in [-0.3, -0.25) is 4.79 Å². The zero-order valence-corrected chi connectivity index (χ0v) is 14.8. The summed E-state index contributed by atoms with van der Waals surface area (Å²) in [6.45, 7) is -0.711. The van der Waals surface area contributed by atoms with E-state index in [1.165, 1.54) is 19.2 Å². The molecule has 0 unspecified atom stereocenters. The number of carbonyl (C=O) groups is 1. The Morgan fingerprint density at radius 3 is 2.50 bits per heavy atom. The van der Waals surface area contributed by atoms with Gasteiger partial charge in [0.25, 0.3) is 11.6 Å². The van der Waals surface area contributed by atoms with Crippen LogP contribution in [0.15, 0.2) is 59.7 Å². The number of methoxy groups -OCH3 is 1. The molecule has 3 rings (SSSR count). The van der Waals surface area contributed by atoms with Crippen molar-refractivity contribution < 1.29 is 32.5 Å². The molecule has 2 aromatic carbocycles. The molecule has 2 aromatic rings. The van der Waals surface area contributed by atoms with Crippen molar-refractivity contribution in [3.8, 4) is 11.5 Å². The molecule has 0 saturated carbocycles. The van der Waals surface area contributed by atoms with Crippen LogP contribution >= 0.6 is 0 Å². The van der Waals surface area contributed by atoms with Crippen LogP contribution < -0.4 is 9.47 Å². The highest BCUT2D eigenvalue weighted by Gasteiger charge is 2.63. The van der Waals surface area contributed by atoms with Crippen LogP contribution in [0.3, 0.4) is 0 Å². The normalized spacial score (nSPS) is 19.3. The molecule has 0 bridgehead atoms. The van der Waals surface area contributed by atoms with Gasteiger partial charge in [-0.1, -0.05) is 30.3 Å². The number of ether oxygens (including phenoxy) is 2. The van der Waals surface area contributed by atoms with E-state index in [0.29, 0.717) is 17.1 Å². The summed E-state index contributed by atoms with van der Waals surface area (Å²) in [7, 11) is 1.42. The third kappa shape index (κ3) is 3.79. The zero-order valence-electron chi connectivity index (χ0n) is 14.8. The molecule has 1 aliphatic heterocycles. The lowest BCUT2D eigenvalue weighted by Gasteiger charge is -2.32. The van der Waals surface area contributed by atoms with Crippen molar-refractivity contribution in [2.45, 2.75) is 18.3 Å². The summed E-state index contributed by atoms with van der Waals surface area (Å²) in [5, 5.41) is 14.1. The minimum absolute atomic E-state index is 0.0464. The second-order valence-corrected chi connectivity index (χ2v) is 6.08. The number of carbonyl (C=O) groups excluding carboxylic acids is 1. The monoisotopic (exact) mass is 394 g/mol. The van der Waals surface area contributed by atoms with Gasteiger partial charge in [-0.15, -0.1) is 0 Å². The number of nitrogens with zero attached hydrogens (tertiary/aromatic N) is 2. The average molecular weight is 394 g/mol. The van der Waals surface area contributed by atoms with Crippen LogP contribution in [0.5, 0.6) is 11.5 Å². The molecule has 0 aliphatic carbocycles. The van der Waals surface area contributed by atoms with Gasteiger partial charge in [0.15, 0.2) is 6.61 Å². The van der Waals surface area contributed by atoms with Crippen LogP contribution in [-0.2, 0) is 4.79 Å². The standard InChI is InChI=1S/C19H17F3N2O4/c1-27-15-9-5-6-13(10-15)16-11-18(26,19(20,21)22)24(23-16)17(25)12-28-14-7-3-2-4-8-14/h2-10,26H,11-12H2,1H3/t18-/m1/s1. The molecule has 9 heteroatoms. The second-order valence-electron chi connectivity index (χ2n) is 6.08. The quantitative estimate of drug-likeness (QED) is 0.847. The molecular weight excluding hydrogens is 377 g/mol. The SMILES string of the molecule is COc1cccc(C2=NN(C(=O)COc3ccccc3)[C@](O)(C(F)(F)F)C2)c1. The van der Waals surface area contributed by atoms with E-state index in [2.05, 4.69) is 5.10 Å². The highest BCUT2D eigenvalue weighted by Crippen LogP contribution is 2.41. The van der Waals surface area contributed by atoms with Crippen LogP contribution in [-0.4, -0.2) is 47.4 Å². The molecular formula is C19H17F3N2O4. The lowest BCUT2D eigenvalue weighted by Crippen LogP contribution is -2.57. The van der Waals surface area contributed by atoms with Gasteiger partial charge in [0.1, 0.15) is 11.5 Å². The van der Waals surface area contributed by atoms with Crippen molar-refractivity contribution in [2.75, 3.05) is 13.7 Å². The Bertz CT molecular complexity index is 886. The molecule has 0 spiro atoms. The Balaban J connectivity index is 1.87. The first-order chi connectivity index (χ1) is 13.2. The summed E-state index contributed by atoms with van der Waals surface area (Å²) in [5.74, 6) is -0.405. The third-order valence-corrected chi connectivity index (χ3v) is 4.18. The lowest BCUT2D eigenvalue weighted by molar-refractivity contribution is -0.302. The third-order valence-electron chi connectivity index (χ3n) is 4.18. The van der Waals surface area contributed by atoms with Crippen molar-refractivity contribution >= 4 is 11.6 Å². The Kier molecular flexibility index (Phi) is 5.28. The van der Waals surface area contributed by atoms with Crippen LogP contribution in [0.25, 0.3) is 0 Å². The predicted octanol–water partition coefficient (Wildman–Crippen LogP) is 2.96. The second kappa shape index (κ2) is 7.51.